The van der Waals surface area contributed by atoms with Gasteiger partial charge in [0.05, 0.1) is 13.2 Å². The van der Waals surface area contributed by atoms with Crippen molar-refractivity contribution in [2.24, 2.45) is 0 Å². The molecule has 18 heavy (non-hydrogen) atoms. The van der Waals surface area contributed by atoms with Gasteiger partial charge in [0.25, 0.3) is 0 Å². The maximum atomic E-state index is 11.6. The smallest absolute Gasteiger partial charge is 0.161 e. The summed E-state index contributed by atoms with van der Waals surface area (Å²) in [5, 5.41) is 9.12. The summed E-state index contributed by atoms with van der Waals surface area (Å²) in [6.07, 6.45) is 0. The molecule has 0 spiro atoms. The highest BCUT2D eigenvalue weighted by Crippen LogP contribution is 2.25. The first kappa shape index (κ1) is 15.1. The van der Waals surface area contributed by atoms with Gasteiger partial charge in [-0.25, -0.2) is 0 Å². The maximum Gasteiger partial charge on any atom is 0.161 e. The molecule has 0 saturated heterocycles. The van der Waals surface area contributed by atoms with E-state index in [1.165, 1.54) is 0 Å². The molecule has 0 radical (unpaired) electrons. The quantitative estimate of drug-likeness (QED) is 0.783. The highest BCUT2D eigenvalue weighted by Gasteiger charge is 2.14. The first-order valence-corrected chi connectivity index (χ1v) is 6.54. The Hall–Kier alpha value is -0.910. The Morgan fingerprint density at radius 1 is 1.44 bits per heavy atom. The number of Topliss-reactive ketones (excluding diaryl/α,β-unsaturated/α-hetero) is 1. The standard InChI is InChI=1S/C13H18BrNO3/c1-10(17)12-4-3-11(14)9-13(12)15(5-7-16)6-8-18-2/h3-4,9,16H,5-8H2,1-2H3. The molecular weight excluding hydrogens is 298 g/mol. The number of aliphatic hydroxyl groups excluding tert-OH is 1. The molecule has 0 aromatic heterocycles. The number of ether oxygens (including phenoxy) is 1. The second kappa shape index (κ2) is 7.51. The van der Waals surface area contributed by atoms with E-state index in [4.69, 9.17) is 9.84 Å². The highest BCUT2D eigenvalue weighted by molar-refractivity contribution is 9.10. The molecule has 0 fully saturated rings. The third-order valence-electron chi connectivity index (χ3n) is 2.62. The van der Waals surface area contributed by atoms with Crippen molar-refractivity contribution in [1.82, 2.24) is 0 Å². The topological polar surface area (TPSA) is 49.8 Å². The van der Waals surface area contributed by atoms with Gasteiger partial charge in [0.15, 0.2) is 5.78 Å². The average Bonchev–Trinajstić information content (AvgIpc) is 2.34. The van der Waals surface area contributed by atoms with Gasteiger partial charge < -0.3 is 14.7 Å². The van der Waals surface area contributed by atoms with Crippen molar-refractivity contribution < 1.29 is 14.6 Å². The van der Waals surface area contributed by atoms with Crippen LogP contribution in [0.4, 0.5) is 5.69 Å². The maximum absolute atomic E-state index is 11.6. The summed E-state index contributed by atoms with van der Waals surface area (Å²) in [4.78, 5) is 13.6. The Labute approximate surface area is 116 Å². The van der Waals surface area contributed by atoms with Crippen molar-refractivity contribution in [2.45, 2.75) is 6.92 Å². The van der Waals surface area contributed by atoms with Gasteiger partial charge in [-0.05, 0) is 25.1 Å². The van der Waals surface area contributed by atoms with E-state index >= 15 is 0 Å². The number of aliphatic hydroxyl groups is 1. The van der Waals surface area contributed by atoms with Crippen molar-refractivity contribution in [3.63, 3.8) is 0 Å². The number of hydrogen-bond acceptors (Lipinski definition) is 4. The van der Waals surface area contributed by atoms with E-state index in [2.05, 4.69) is 15.9 Å². The number of methoxy groups -OCH3 is 1. The number of rotatable bonds is 7. The summed E-state index contributed by atoms with van der Waals surface area (Å²) in [5.41, 5.74) is 1.48. The molecule has 100 valence electrons. The minimum atomic E-state index is 0.0119. The number of halogens is 1. The monoisotopic (exact) mass is 315 g/mol. The Morgan fingerprint density at radius 3 is 2.72 bits per heavy atom. The number of benzene rings is 1. The molecule has 1 N–H and O–H groups in total. The zero-order valence-electron chi connectivity index (χ0n) is 10.6. The van der Waals surface area contributed by atoms with Crippen LogP contribution in [0.2, 0.25) is 0 Å². The predicted molar refractivity (Wildman–Crippen MR) is 75.3 cm³/mol. The summed E-state index contributed by atoms with van der Waals surface area (Å²) in [6, 6.07) is 5.52. The molecule has 0 aliphatic rings. The molecule has 0 atom stereocenters. The van der Waals surface area contributed by atoms with Gasteiger partial charge in [0.1, 0.15) is 0 Å². The minimum Gasteiger partial charge on any atom is -0.395 e. The summed E-state index contributed by atoms with van der Waals surface area (Å²) < 4.78 is 5.96. The Bertz CT molecular complexity index is 409. The van der Waals surface area contributed by atoms with Gasteiger partial charge in [-0.15, -0.1) is 0 Å². The summed E-state index contributed by atoms with van der Waals surface area (Å²) in [6.45, 7) is 3.23. The predicted octanol–water partition coefficient (Wildman–Crippen LogP) is 2.10. The van der Waals surface area contributed by atoms with Crippen molar-refractivity contribution >= 4 is 27.4 Å². The van der Waals surface area contributed by atoms with Crippen LogP contribution in [0, 0.1) is 0 Å². The van der Waals surface area contributed by atoms with Gasteiger partial charge in [-0.1, -0.05) is 15.9 Å². The minimum absolute atomic E-state index is 0.0119. The zero-order chi connectivity index (χ0) is 13.5. The van der Waals surface area contributed by atoms with Crippen molar-refractivity contribution in [1.29, 1.82) is 0 Å². The first-order chi connectivity index (χ1) is 8.60. The van der Waals surface area contributed by atoms with Crippen molar-refractivity contribution in [3.8, 4) is 0 Å². The average molecular weight is 316 g/mol. The van der Waals surface area contributed by atoms with E-state index in [9.17, 15) is 4.79 Å². The number of carbonyl (C=O) groups is 1. The molecule has 0 heterocycles. The van der Waals surface area contributed by atoms with E-state index in [0.29, 0.717) is 25.3 Å². The Morgan fingerprint density at radius 2 is 2.17 bits per heavy atom. The van der Waals surface area contributed by atoms with E-state index in [1.807, 2.05) is 17.0 Å². The molecule has 4 nitrogen and oxygen atoms in total. The van der Waals surface area contributed by atoms with Crippen LogP contribution in [-0.4, -0.2) is 44.3 Å². The SMILES string of the molecule is COCCN(CCO)c1cc(Br)ccc1C(C)=O. The van der Waals surface area contributed by atoms with Gasteiger partial charge in [0.2, 0.25) is 0 Å². The number of carbonyl (C=O) groups excluding carboxylic acids is 1. The van der Waals surface area contributed by atoms with Crippen LogP contribution in [0.15, 0.2) is 22.7 Å². The van der Waals surface area contributed by atoms with E-state index in [-0.39, 0.29) is 12.4 Å². The summed E-state index contributed by atoms with van der Waals surface area (Å²) >= 11 is 3.40. The molecule has 5 heteroatoms. The summed E-state index contributed by atoms with van der Waals surface area (Å²) in [7, 11) is 1.63. The number of anilines is 1. The summed E-state index contributed by atoms with van der Waals surface area (Å²) in [5.74, 6) is 0.0119. The lowest BCUT2D eigenvalue weighted by atomic mass is 10.1. The second-order valence-corrected chi connectivity index (χ2v) is 4.84. The third kappa shape index (κ3) is 4.08. The second-order valence-electron chi connectivity index (χ2n) is 3.92. The molecular formula is C13H18BrNO3. The number of nitrogens with zero attached hydrogens (tertiary/aromatic N) is 1. The molecule has 0 saturated carbocycles. The molecule has 0 bridgehead atoms. The lowest BCUT2D eigenvalue weighted by Crippen LogP contribution is -2.31. The first-order valence-electron chi connectivity index (χ1n) is 5.75. The molecule has 1 aromatic rings. The van der Waals surface area contributed by atoms with Gasteiger partial charge in [0, 0.05) is 35.9 Å². The fourth-order valence-electron chi connectivity index (χ4n) is 1.74. The normalized spacial score (nSPS) is 10.4. The lowest BCUT2D eigenvalue weighted by molar-refractivity contribution is 0.101. The van der Waals surface area contributed by atoms with E-state index in [1.54, 1.807) is 20.1 Å². The van der Waals surface area contributed by atoms with Crippen LogP contribution < -0.4 is 4.90 Å². The number of hydrogen-bond donors (Lipinski definition) is 1. The van der Waals surface area contributed by atoms with Crippen LogP contribution in [0.25, 0.3) is 0 Å². The van der Waals surface area contributed by atoms with E-state index < -0.39 is 0 Å². The Balaban J connectivity index is 3.07. The van der Waals surface area contributed by atoms with E-state index in [0.717, 1.165) is 10.2 Å². The molecule has 1 rings (SSSR count). The van der Waals surface area contributed by atoms with Crippen LogP contribution in [-0.2, 0) is 4.74 Å². The van der Waals surface area contributed by atoms with Crippen molar-refractivity contribution in [2.75, 3.05) is 38.3 Å². The van der Waals surface area contributed by atoms with Crippen LogP contribution in [0.5, 0.6) is 0 Å². The van der Waals surface area contributed by atoms with Crippen molar-refractivity contribution in [3.05, 3.63) is 28.2 Å². The van der Waals surface area contributed by atoms with Crippen LogP contribution in [0.1, 0.15) is 17.3 Å². The third-order valence-corrected chi connectivity index (χ3v) is 3.11. The van der Waals surface area contributed by atoms with Crippen LogP contribution in [0.3, 0.4) is 0 Å². The fraction of sp³-hybridized carbons (Fsp3) is 0.462. The van der Waals surface area contributed by atoms with Gasteiger partial charge in [-0.3, -0.25) is 4.79 Å². The number of ketones is 1. The lowest BCUT2D eigenvalue weighted by Gasteiger charge is -2.25. The molecule has 0 unspecified atom stereocenters. The fourth-order valence-corrected chi connectivity index (χ4v) is 2.09. The van der Waals surface area contributed by atoms with Gasteiger partial charge in [-0.2, -0.15) is 0 Å². The largest absolute Gasteiger partial charge is 0.395 e. The molecule has 0 amide bonds. The molecule has 0 aliphatic carbocycles. The van der Waals surface area contributed by atoms with Gasteiger partial charge >= 0.3 is 0 Å². The van der Waals surface area contributed by atoms with Crippen LogP contribution >= 0.6 is 15.9 Å². The molecule has 0 aliphatic heterocycles. The highest BCUT2D eigenvalue weighted by atomic mass is 79.9. The molecule has 1 aromatic carbocycles. The zero-order valence-corrected chi connectivity index (χ0v) is 12.2. The Kier molecular flexibility index (Phi) is 6.32.